The van der Waals surface area contributed by atoms with Crippen LogP contribution >= 0.6 is 0 Å². The second kappa shape index (κ2) is 4.63. The van der Waals surface area contributed by atoms with Crippen LogP contribution in [-0.2, 0) is 11.3 Å². The molecule has 0 bridgehead atoms. The highest BCUT2D eigenvalue weighted by Crippen LogP contribution is 2.07. The van der Waals surface area contributed by atoms with Crippen molar-refractivity contribution in [3.63, 3.8) is 0 Å². The quantitative estimate of drug-likeness (QED) is 0.785. The van der Waals surface area contributed by atoms with Crippen molar-refractivity contribution in [1.82, 2.24) is 5.32 Å². The average molecular weight is 211 g/mol. The molecule has 1 aromatic heterocycles. The van der Waals surface area contributed by atoms with E-state index in [4.69, 9.17) is 9.52 Å². The Labute approximate surface area is 87.1 Å². The summed E-state index contributed by atoms with van der Waals surface area (Å²) in [6, 6.07) is 2.89. The van der Waals surface area contributed by atoms with Gasteiger partial charge in [-0.3, -0.25) is 4.79 Å². The third-order valence-electron chi connectivity index (χ3n) is 1.83. The molecule has 5 nitrogen and oxygen atoms in total. The Morgan fingerprint density at radius 1 is 1.47 bits per heavy atom. The van der Waals surface area contributed by atoms with Crippen molar-refractivity contribution in [2.24, 2.45) is 5.92 Å². The van der Waals surface area contributed by atoms with Gasteiger partial charge in [-0.25, -0.2) is 4.79 Å². The van der Waals surface area contributed by atoms with Crippen molar-refractivity contribution in [3.05, 3.63) is 23.7 Å². The number of carboxylic acid groups (broad SMARTS) is 1. The summed E-state index contributed by atoms with van der Waals surface area (Å²) >= 11 is 0. The molecule has 15 heavy (non-hydrogen) atoms. The van der Waals surface area contributed by atoms with Gasteiger partial charge in [0, 0.05) is 5.92 Å². The van der Waals surface area contributed by atoms with Crippen molar-refractivity contribution in [1.29, 1.82) is 0 Å². The standard InChI is InChI=1S/C10H13NO4/c1-6(2)9(12)11-5-7-3-4-8(15-7)10(13)14/h3-4,6H,5H2,1-2H3,(H,11,12)(H,13,14). The zero-order valence-corrected chi connectivity index (χ0v) is 8.61. The van der Waals surface area contributed by atoms with E-state index in [2.05, 4.69) is 5.32 Å². The summed E-state index contributed by atoms with van der Waals surface area (Å²) in [5, 5.41) is 11.2. The van der Waals surface area contributed by atoms with Crippen LogP contribution in [0, 0.1) is 5.92 Å². The zero-order valence-electron chi connectivity index (χ0n) is 8.61. The summed E-state index contributed by atoms with van der Waals surface area (Å²) in [5.74, 6) is -0.996. The van der Waals surface area contributed by atoms with Crippen LogP contribution in [-0.4, -0.2) is 17.0 Å². The van der Waals surface area contributed by atoms with E-state index in [1.165, 1.54) is 12.1 Å². The molecule has 0 unspecified atom stereocenters. The normalized spacial score (nSPS) is 10.3. The monoisotopic (exact) mass is 211 g/mol. The van der Waals surface area contributed by atoms with Crippen molar-refractivity contribution in [2.45, 2.75) is 20.4 Å². The van der Waals surface area contributed by atoms with Crippen molar-refractivity contribution in [3.8, 4) is 0 Å². The highest BCUT2D eigenvalue weighted by Gasteiger charge is 2.10. The number of nitrogens with one attached hydrogen (secondary N) is 1. The van der Waals surface area contributed by atoms with Crippen molar-refractivity contribution < 1.29 is 19.1 Å². The van der Waals surface area contributed by atoms with Gasteiger partial charge in [-0.2, -0.15) is 0 Å². The first-order chi connectivity index (χ1) is 7.00. The van der Waals surface area contributed by atoms with E-state index in [-0.39, 0.29) is 24.1 Å². The molecular weight excluding hydrogens is 198 g/mol. The lowest BCUT2D eigenvalue weighted by Crippen LogP contribution is -2.26. The molecule has 0 saturated heterocycles. The van der Waals surface area contributed by atoms with Crippen molar-refractivity contribution in [2.75, 3.05) is 0 Å². The summed E-state index contributed by atoms with van der Waals surface area (Å²) in [7, 11) is 0. The molecule has 0 aliphatic heterocycles. The molecule has 0 aliphatic rings. The first kappa shape index (κ1) is 11.3. The fourth-order valence-electron chi connectivity index (χ4n) is 0.966. The number of aromatic carboxylic acids is 1. The maximum atomic E-state index is 11.2. The molecule has 2 N–H and O–H groups in total. The van der Waals surface area contributed by atoms with E-state index in [1.54, 1.807) is 13.8 Å². The number of carbonyl (C=O) groups excluding carboxylic acids is 1. The number of carboxylic acids is 1. The van der Waals surface area contributed by atoms with E-state index in [9.17, 15) is 9.59 Å². The Kier molecular flexibility index (Phi) is 3.49. The fraction of sp³-hybridized carbons (Fsp3) is 0.400. The SMILES string of the molecule is CC(C)C(=O)NCc1ccc(C(=O)O)o1. The Balaban J connectivity index is 2.51. The Morgan fingerprint density at radius 3 is 2.60 bits per heavy atom. The maximum absolute atomic E-state index is 11.2. The Hall–Kier alpha value is -1.78. The summed E-state index contributed by atoms with van der Waals surface area (Å²) in [6.45, 7) is 3.77. The molecule has 1 heterocycles. The second-order valence-corrected chi connectivity index (χ2v) is 3.44. The van der Waals surface area contributed by atoms with Gasteiger partial charge in [0.15, 0.2) is 0 Å². The second-order valence-electron chi connectivity index (χ2n) is 3.44. The Morgan fingerprint density at radius 2 is 2.13 bits per heavy atom. The molecule has 0 aliphatic carbocycles. The van der Waals surface area contributed by atoms with Gasteiger partial charge in [0.2, 0.25) is 11.7 Å². The van der Waals surface area contributed by atoms with Gasteiger partial charge in [-0.15, -0.1) is 0 Å². The minimum absolute atomic E-state index is 0.0942. The van der Waals surface area contributed by atoms with Gasteiger partial charge in [0.25, 0.3) is 0 Å². The van der Waals surface area contributed by atoms with Gasteiger partial charge >= 0.3 is 5.97 Å². The molecule has 0 radical (unpaired) electrons. The molecule has 1 amide bonds. The lowest BCUT2D eigenvalue weighted by Gasteiger charge is -2.04. The molecule has 0 saturated carbocycles. The van der Waals surface area contributed by atoms with Gasteiger partial charge in [0.05, 0.1) is 6.54 Å². The summed E-state index contributed by atoms with van der Waals surface area (Å²) < 4.78 is 4.96. The predicted octanol–water partition coefficient (Wildman–Crippen LogP) is 1.25. The minimum Gasteiger partial charge on any atom is -0.475 e. The minimum atomic E-state index is -1.11. The largest absolute Gasteiger partial charge is 0.475 e. The van der Waals surface area contributed by atoms with Gasteiger partial charge < -0.3 is 14.8 Å². The highest BCUT2D eigenvalue weighted by atomic mass is 16.4. The molecule has 82 valence electrons. The fourth-order valence-corrected chi connectivity index (χ4v) is 0.966. The van der Waals surface area contributed by atoms with E-state index < -0.39 is 5.97 Å². The average Bonchev–Trinajstić information content (AvgIpc) is 2.62. The van der Waals surface area contributed by atoms with Gasteiger partial charge in [0.1, 0.15) is 5.76 Å². The van der Waals surface area contributed by atoms with Crippen LogP contribution in [0.15, 0.2) is 16.5 Å². The number of rotatable bonds is 4. The number of carbonyl (C=O) groups is 2. The van der Waals surface area contributed by atoms with Crippen LogP contribution in [0.1, 0.15) is 30.2 Å². The van der Waals surface area contributed by atoms with Crippen LogP contribution < -0.4 is 5.32 Å². The number of hydrogen-bond donors (Lipinski definition) is 2. The first-order valence-electron chi connectivity index (χ1n) is 4.60. The number of furan rings is 1. The first-order valence-corrected chi connectivity index (χ1v) is 4.60. The molecule has 1 aromatic rings. The van der Waals surface area contributed by atoms with E-state index in [0.29, 0.717) is 5.76 Å². The summed E-state index contributed by atoms with van der Waals surface area (Å²) in [6.07, 6.45) is 0. The maximum Gasteiger partial charge on any atom is 0.371 e. The molecule has 1 rings (SSSR count). The summed E-state index contributed by atoms with van der Waals surface area (Å²) in [5.41, 5.74) is 0. The number of hydrogen-bond acceptors (Lipinski definition) is 3. The van der Waals surface area contributed by atoms with Crippen LogP contribution in [0.5, 0.6) is 0 Å². The molecule has 0 fully saturated rings. The van der Waals surface area contributed by atoms with Gasteiger partial charge in [-0.1, -0.05) is 13.8 Å². The summed E-state index contributed by atoms with van der Waals surface area (Å²) in [4.78, 5) is 21.7. The topological polar surface area (TPSA) is 79.5 Å². The van der Waals surface area contributed by atoms with Crippen LogP contribution in [0.3, 0.4) is 0 Å². The molecule has 0 spiro atoms. The van der Waals surface area contributed by atoms with E-state index in [0.717, 1.165) is 0 Å². The highest BCUT2D eigenvalue weighted by molar-refractivity contribution is 5.84. The molecule has 0 atom stereocenters. The molecule has 5 heteroatoms. The van der Waals surface area contributed by atoms with Gasteiger partial charge in [-0.05, 0) is 12.1 Å². The number of amides is 1. The van der Waals surface area contributed by atoms with E-state index >= 15 is 0 Å². The Bertz CT molecular complexity index is 367. The predicted molar refractivity (Wildman–Crippen MR) is 52.4 cm³/mol. The molecular formula is C10H13NO4. The lowest BCUT2D eigenvalue weighted by atomic mass is 10.2. The zero-order chi connectivity index (χ0) is 11.4. The lowest BCUT2D eigenvalue weighted by molar-refractivity contribution is -0.124. The van der Waals surface area contributed by atoms with Crippen LogP contribution in [0.4, 0.5) is 0 Å². The third-order valence-corrected chi connectivity index (χ3v) is 1.83. The van der Waals surface area contributed by atoms with E-state index in [1.807, 2.05) is 0 Å². The van der Waals surface area contributed by atoms with Crippen LogP contribution in [0.25, 0.3) is 0 Å². The van der Waals surface area contributed by atoms with Crippen LogP contribution in [0.2, 0.25) is 0 Å². The smallest absolute Gasteiger partial charge is 0.371 e. The third kappa shape index (κ3) is 3.12. The molecule has 0 aromatic carbocycles. The van der Waals surface area contributed by atoms with Crippen molar-refractivity contribution >= 4 is 11.9 Å².